The third-order valence-corrected chi connectivity index (χ3v) is 9.64. The lowest BCUT2D eigenvalue weighted by Crippen LogP contribution is -2.51. The molecule has 2 aromatic rings. The number of allylic oxidation sites excluding steroid dienone is 4. The second-order valence-corrected chi connectivity index (χ2v) is 12.1. The number of rotatable bonds is 7. The van der Waals surface area contributed by atoms with Crippen molar-refractivity contribution < 1.29 is 4.79 Å². The maximum Gasteiger partial charge on any atom is 0.226 e. The second-order valence-electron chi connectivity index (χ2n) is 12.1. The molecule has 6 heteroatoms. The number of nitrogen functional groups attached to an aromatic ring is 1. The summed E-state index contributed by atoms with van der Waals surface area (Å²) in [4.78, 5) is 26.9. The minimum atomic E-state index is 0.183. The molecule has 2 bridgehead atoms. The van der Waals surface area contributed by atoms with Crippen LogP contribution in [-0.4, -0.2) is 47.0 Å². The van der Waals surface area contributed by atoms with Gasteiger partial charge in [-0.25, -0.2) is 9.97 Å². The van der Waals surface area contributed by atoms with Gasteiger partial charge in [0.25, 0.3) is 0 Å². The van der Waals surface area contributed by atoms with Crippen LogP contribution < -0.4 is 10.6 Å². The van der Waals surface area contributed by atoms with Crippen molar-refractivity contribution >= 4 is 23.1 Å². The average Bonchev–Trinajstić information content (AvgIpc) is 3.61. The van der Waals surface area contributed by atoms with Crippen LogP contribution in [0.3, 0.4) is 0 Å². The Labute approximate surface area is 232 Å². The molecule has 6 rings (SSSR count). The summed E-state index contributed by atoms with van der Waals surface area (Å²) < 4.78 is 0. The average molecular weight is 524 g/mol. The highest BCUT2D eigenvalue weighted by molar-refractivity contribution is 5.88. The number of carbonyl (C=O) groups excluding carboxylic acids is 1. The molecule has 1 aliphatic heterocycles. The number of fused-ring (bicyclic) bond motifs is 2. The number of aromatic nitrogens is 2. The predicted molar refractivity (Wildman–Crippen MR) is 158 cm³/mol. The number of nitrogens with two attached hydrogens (primary N) is 1. The fraction of sp³-hybridized carbons (Fsp3) is 0.485. The van der Waals surface area contributed by atoms with Crippen LogP contribution in [0.25, 0.3) is 5.57 Å². The standard InChI is InChI=1S/C33H41N5O/c1-22(26-13-10-24(11-14-26)17-23-7-4-3-5-8-23)30-31(34)35-21-36-32(30)37(2)28-9-6-16-38(20-28)33(39)29-19-25-12-15-27(29)18-25/h3-4,7,10-11,13-14,21,25,27-29H,1,5-6,8-9,12,15-20H2,2H3,(H2,34,35,36). The third kappa shape index (κ3) is 5.26. The zero-order chi connectivity index (χ0) is 26.9. The van der Waals surface area contributed by atoms with Gasteiger partial charge in [-0.1, -0.05) is 61.1 Å². The number of anilines is 2. The molecule has 1 saturated heterocycles. The molecule has 204 valence electrons. The maximum absolute atomic E-state index is 13.5. The molecule has 1 aromatic carbocycles. The number of amides is 1. The summed E-state index contributed by atoms with van der Waals surface area (Å²) in [6.07, 6.45) is 18.3. The van der Waals surface area contributed by atoms with E-state index in [0.717, 1.165) is 80.1 Å². The molecule has 0 radical (unpaired) electrons. The third-order valence-electron chi connectivity index (χ3n) is 9.64. The smallest absolute Gasteiger partial charge is 0.226 e. The Kier molecular flexibility index (Phi) is 7.28. The van der Waals surface area contributed by atoms with Gasteiger partial charge in [-0.05, 0) is 79.9 Å². The van der Waals surface area contributed by atoms with E-state index in [2.05, 4.69) is 70.9 Å². The number of piperidine rings is 1. The van der Waals surface area contributed by atoms with Gasteiger partial charge in [-0.15, -0.1) is 0 Å². The Morgan fingerprint density at radius 2 is 2.00 bits per heavy atom. The maximum atomic E-state index is 13.5. The first kappa shape index (κ1) is 25.8. The van der Waals surface area contributed by atoms with Crippen LogP contribution in [-0.2, 0) is 11.2 Å². The highest BCUT2D eigenvalue weighted by Crippen LogP contribution is 2.49. The zero-order valence-electron chi connectivity index (χ0n) is 23.2. The van der Waals surface area contributed by atoms with E-state index in [9.17, 15) is 4.79 Å². The first-order valence-corrected chi connectivity index (χ1v) is 14.7. The monoisotopic (exact) mass is 523 g/mol. The van der Waals surface area contributed by atoms with Gasteiger partial charge in [0, 0.05) is 32.1 Å². The molecule has 3 aliphatic carbocycles. The van der Waals surface area contributed by atoms with Crippen molar-refractivity contribution in [3.8, 4) is 0 Å². The molecule has 1 amide bonds. The lowest BCUT2D eigenvalue weighted by molar-refractivity contribution is -0.138. The van der Waals surface area contributed by atoms with Crippen LogP contribution in [0.1, 0.15) is 68.1 Å². The first-order valence-electron chi connectivity index (χ1n) is 14.7. The lowest BCUT2D eigenvalue weighted by Gasteiger charge is -2.40. The van der Waals surface area contributed by atoms with Crippen molar-refractivity contribution in [1.29, 1.82) is 0 Å². The highest BCUT2D eigenvalue weighted by Gasteiger charge is 2.45. The summed E-state index contributed by atoms with van der Waals surface area (Å²) in [5.41, 5.74) is 11.8. The fourth-order valence-corrected chi connectivity index (χ4v) is 7.40. The molecule has 4 aliphatic rings. The van der Waals surface area contributed by atoms with E-state index >= 15 is 0 Å². The van der Waals surface area contributed by atoms with Crippen molar-refractivity contribution in [3.05, 3.63) is 77.7 Å². The van der Waals surface area contributed by atoms with E-state index in [1.54, 1.807) is 0 Å². The Morgan fingerprint density at radius 1 is 1.15 bits per heavy atom. The minimum Gasteiger partial charge on any atom is -0.383 e. The van der Waals surface area contributed by atoms with Gasteiger partial charge in [0.05, 0.1) is 5.56 Å². The summed E-state index contributed by atoms with van der Waals surface area (Å²) >= 11 is 0. The number of benzene rings is 1. The summed E-state index contributed by atoms with van der Waals surface area (Å²) in [7, 11) is 2.07. The number of likely N-dealkylation sites (N-methyl/N-ethyl adjacent to an activating group) is 1. The molecule has 2 heterocycles. The summed E-state index contributed by atoms with van der Waals surface area (Å²) in [5, 5.41) is 0. The minimum absolute atomic E-state index is 0.183. The Balaban J connectivity index is 1.18. The van der Waals surface area contributed by atoms with Gasteiger partial charge in [0.2, 0.25) is 5.91 Å². The van der Waals surface area contributed by atoms with Crippen LogP contribution >= 0.6 is 0 Å². The van der Waals surface area contributed by atoms with Crippen LogP contribution in [0.4, 0.5) is 11.6 Å². The first-order chi connectivity index (χ1) is 19.0. The Bertz CT molecular complexity index is 1300. The molecule has 1 aromatic heterocycles. The van der Waals surface area contributed by atoms with Gasteiger partial charge in [-0.3, -0.25) is 4.79 Å². The molecular formula is C33H41N5O. The molecule has 2 saturated carbocycles. The van der Waals surface area contributed by atoms with E-state index in [1.165, 1.54) is 36.7 Å². The normalized spacial score (nSPS) is 26.0. The number of hydrogen-bond acceptors (Lipinski definition) is 5. The van der Waals surface area contributed by atoms with Gasteiger partial charge in [-0.2, -0.15) is 0 Å². The van der Waals surface area contributed by atoms with E-state index in [4.69, 9.17) is 10.7 Å². The van der Waals surface area contributed by atoms with E-state index < -0.39 is 0 Å². The van der Waals surface area contributed by atoms with Crippen molar-refractivity contribution in [2.45, 2.75) is 63.8 Å². The summed E-state index contributed by atoms with van der Waals surface area (Å²) in [6, 6.07) is 8.81. The van der Waals surface area contributed by atoms with Crippen molar-refractivity contribution in [3.63, 3.8) is 0 Å². The molecule has 0 spiro atoms. The van der Waals surface area contributed by atoms with Crippen LogP contribution in [0.2, 0.25) is 0 Å². The fourth-order valence-electron chi connectivity index (χ4n) is 7.40. The summed E-state index contributed by atoms with van der Waals surface area (Å²) in [5.74, 6) is 3.24. The second kappa shape index (κ2) is 11.0. The molecule has 2 N–H and O–H groups in total. The van der Waals surface area contributed by atoms with Crippen LogP contribution in [0, 0.1) is 17.8 Å². The van der Waals surface area contributed by atoms with E-state index in [0.29, 0.717) is 17.6 Å². The Morgan fingerprint density at radius 3 is 2.72 bits per heavy atom. The lowest BCUT2D eigenvalue weighted by atomic mass is 9.87. The van der Waals surface area contributed by atoms with E-state index in [-0.39, 0.29) is 12.0 Å². The molecule has 39 heavy (non-hydrogen) atoms. The highest BCUT2D eigenvalue weighted by atomic mass is 16.2. The zero-order valence-corrected chi connectivity index (χ0v) is 23.2. The molecule has 4 unspecified atom stereocenters. The SMILES string of the molecule is C=C(c1ccc(CC2=CC=CCC2)cc1)c1c(N)ncnc1N(C)C1CCCN(C(=O)C2CC3CCC2C3)C1. The van der Waals surface area contributed by atoms with Gasteiger partial charge in [0.1, 0.15) is 18.0 Å². The van der Waals surface area contributed by atoms with E-state index in [1.807, 2.05) is 0 Å². The van der Waals surface area contributed by atoms with Gasteiger partial charge < -0.3 is 15.5 Å². The van der Waals surface area contributed by atoms with Crippen LogP contribution in [0.15, 0.2) is 61.0 Å². The largest absolute Gasteiger partial charge is 0.383 e. The van der Waals surface area contributed by atoms with Gasteiger partial charge >= 0.3 is 0 Å². The Hall–Kier alpha value is -3.41. The molecule has 6 nitrogen and oxygen atoms in total. The number of carbonyl (C=O) groups is 1. The summed E-state index contributed by atoms with van der Waals surface area (Å²) in [6.45, 7) is 6.03. The number of likely N-dealkylation sites (tertiary alicyclic amines) is 1. The topological polar surface area (TPSA) is 75.3 Å². The van der Waals surface area contributed by atoms with Crippen molar-refractivity contribution in [1.82, 2.24) is 14.9 Å². The van der Waals surface area contributed by atoms with Crippen molar-refractivity contribution in [2.75, 3.05) is 30.8 Å². The van der Waals surface area contributed by atoms with Crippen LogP contribution in [0.5, 0.6) is 0 Å². The predicted octanol–water partition coefficient (Wildman–Crippen LogP) is 5.80. The van der Waals surface area contributed by atoms with Crippen molar-refractivity contribution in [2.24, 2.45) is 17.8 Å². The number of hydrogen-bond donors (Lipinski definition) is 1. The molecule has 3 fully saturated rings. The van der Waals surface area contributed by atoms with Gasteiger partial charge in [0.15, 0.2) is 0 Å². The quantitative estimate of drug-likeness (QED) is 0.496. The number of nitrogens with zero attached hydrogens (tertiary/aromatic N) is 4. The molecular weight excluding hydrogens is 482 g/mol. The molecule has 4 atom stereocenters.